The Morgan fingerprint density at radius 3 is 2.64 bits per heavy atom. The third-order valence-corrected chi connectivity index (χ3v) is 1.92. The normalized spacial score (nSPS) is 10.6. The highest BCUT2D eigenvalue weighted by atomic mass is 19.3. The molecule has 0 bridgehead atoms. The Labute approximate surface area is 82.1 Å². The zero-order valence-electron chi connectivity index (χ0n) is 7.84. The van der Waals surface area contributed by atoms with Crippen LogP contribution < -0.4 is 11.1 Å². The van der Waals surface area contributed by atoms with Gasteiger partial charge < -0.3 is 11.1 Å². The lowest BCUT2D eigenvalue weighted by Crippen LogP contribution is -2.09. The topological polar surface area (TPSA) is 38.0 Å². The molecule has 0 saturated heterocycles. The van der Waals surface area contributed by atoms with E-state index in [1.165, 1.54) is 0 Å². The Balaban J connectivity index is 2.49. The molecule has 0 saturated carbocycles. The molecule has 3 N–H and O–H groups in total. The maximum Gasteiger partial charge on any atom is 0.240 e. The summed E-state index contributed by atoms with van der Waals surface area (Å²) in [6, 6.07) is 7.45. The quantitative estimate of drug-likeness (QED) is 0.764. The molecule has 0 fully saturated rings. The van der Waals surface area contributed by atoms with Gasteiger partial charge in [-0.25, -0.2) is 8.78 Å². The summed E-state index contributed by atoms with van der Waals surface area (Å²) in [4.78, 5) is 0. The van der Waals surface area contributed by atoms with E-state index < -0.39 is 6.43 Å². The summed E-state index contributed by atoms with van der Waals surface area (Å²) in [7, 11) is 0. The van der Waals surface area contributed by atoms with Crippen molar-refractivity contribution in [1.29, 1.82) is 0 Å². The molecule has 0 radical (unpaired) electrons. The second-order valence-corrected chi connectivity index (χ2v) is 2.97. The number of hydrogen-bond donors (Lipinski definition) is 2. The fraction of sp³-hybridized carbons (Fsp3) is 0.400. The monoisotopic (exact) mass is 200 g/mol. The van der Waals surface area contributed by atoms with Crippen LogP contribution in [-0.2, 0) is 6.54 Å². The molecule has 2 nitrogen and oxygen atoms in total. The van der Waals surface area contributed by atoms with E-state index in [1.54, 1.807) is 0 Å². The number of hydrogen-bond acceptors (Lipinski definition) is 2. The number of benzene rings is 1. The van der Waals surface area contributed by atoms with Gasteiger partial charge in [-0.15, -0.1) is 0 Å². The Morgan fingerprint density at radius 1 is 1.29 bits per heavy atom. The highest BCUT2D eigenvalue weighted by Gasteiger charge is 2.02. The average Bonchev–Trinajstić information content (AvgIpc) is 2.18. The van der Waals surface area contributed by atoms with Gasteiger partial charge in [0.25, 0.3) is 0 Å². The van der Waals surface area contributed by atoms with E-state index in [0.29, 0.717) is 6.54 Å². The minimum atomic E-state index is -2.26. The van der Waals surface area contributed by atoms with Crippen LogP contribution in [0.4, 0.5) is 14.5 Å². The van der Waals surface area contributed by atoms with Crippen molar-refractivity contribution in [2.75, 3.05) is 11.9 Å². The van der Waals surface area contributed by atoms with Gasteiger partial charge in [-0.2, -0.15) is 0 Å². The van der Waals surface area contributed by atoms with Crippen molar-refractivity contribution in [2.45, 2.75) is 19.4 Å². The second-order valence-electron chi connectivity index (χ2n) is 2.97. The lowest BCUT2D eigenvalue weighted by atomic mass is 10.2. The zero-order chi connectivity index (χ0) is 10.4. The second kappa shape index (κ2) is 5.54. The Hall–Kier alpha value is -1.16. The van der Waals surface area contributed by atoms with Gasteiger partial charge in [-0.3, -0.25) is 0 Å². The van der Waals surface area contributed by atoms with Gasteiger partial charge in [0.05, 0.1) is 0 Å². The summed E-state index contributed by atoms with van der Waals surface area (Å²) in [6.45, 7) is 0.687. The Bertz CT molecular complexity index is 277. The number of para-hydroxylation sites is 1. The van der Waals surface area contributed by atoms with Crippen molar-refractivity contribution >= 4 is 5.69 Å². The molecule has 1 rings (SSSR count). The maximum absolute atomic E-state index is 11.9. The van der Waals surface area contributed by atoms with Crippen LogP contribution in [0.3, 0.4) is 0 Å². The number of rotatable bonds is 5. The first-order valence-electron chi connectivity index (χ1n) is 4.54. The number of halogens is 2. The molecule has 0 heterocycles. The van der Waals surface area contributed by atoms with Crippen LogP contribution >= 0.6 is 0 Å². The van der Waals surface area contributed by atoms with E-state index in [9.17, 15) is 8.78 Å². The van der Waals surface area contributed by atoms with Crippen LogP contribution in [0.15, 0.2) is 24.3 Å². The molecule has 14 heavy (non-hydrogen) atoms. The van der Waals surface area contributed by atoms with E-state index >= 15 is 0 Å². The Kier molecular flexibility index (Phi) is 4.32. The average molecular weight is 200 g/mol. The van der Waals surface area contributed by atoms with Crippen molar-refractivity contribution in [3.8, 4) is 0 Å². The van der Waals surface area contributed by atoms with Crippen LogP contribution in [0.25, 0.3) is 0 Å². The number of anilines is 1. The van der Waals surface area contributed by atoms with Gasteiger partial charge in [-0.05, 0) is 11.6 Å². The highest BCUT2D eigenvalue weighted by Crippen LogP contribution is 2.14. The summed E-state index contributed by atoms with van der Waals surface area (Å²) >= 11 is 0. The van der Waals surface area contributed by atoms with Gasteiger partial charge in [-0.1, -0.05) is 18.2 Å². The number of nitrogens with two attached hydrogens (primary N) is 1. The van der Waals surface area contributed by atoms with E-state index in [4.69, 9.17) is 5.73 Å². The molecule has 0 aliphatic carbocycles. The minimum Gasteiger partial charge on any atom is -0.385 e. The molecule has 0 aromatic heterocycles. The first-order valence-corrected chi connectivity index (χ1v) is 4.54. The molecule has 0 spiro atoms. The van der Waals surface area contributed by atoms with Crippen LogP contribution in [0.2, 0.25) is 0 Å². The maximum atomic E-state index is 11.9. The lowest BCUT2D eigenvalue weighted by Gasteiger charge is -2.09. The first kappa shape index (κ1) is 10.9. The molecular formula is C10H14F2N2. The third kappa shape index (κ3) is 3.30. The van der Waals surface area contributed by atoms with E-state index in [2.05, 4.69) is 5.32 Å². The molecular weight excluding hydrogens is 186 g/mol. The van der Waals surface area contributed by atoms with Gasteiger partial charge in [0, 0.05) is 25.2 Å². The van der Waals surface area contributed by atoms with Crippen LogP contribution in [0.5, 0.6) is 0 Å². The van der Waals surface area contributed by atoms with E-state index in [1.807, 2.05) is 24.3 Å². The molecule has 78 valence electrons. The number of nitrogens with one attached hydrogen (secondary N) is 1. The molecule has 1 aromatic rings. The number of alkyl halides is 2. The minimum absolute atomic E-state index is 0.140. The summed E-state index contributed by atoms with van der Waals surface area (Å²) in [5.41, 5.74) is 7.28. The first-order chi connectivity index (χ1) is 6.74. The van der Waals surface area contributed by atoms with Crippen molar-refractivity contribution in [2.24, 2.45) is 5.73 Å². The third-order valence-electron chi connectivity index (χ3n) is 1.92. The van der Waals surface area contributed by atoms with Gasteiger partial charge in [0.15, 0.2) is 0 Å². The molecule has 1 aromatic carbocycles. The van der Waals surface area contributed by atoms with Crippen LogP contribution in [0, 0.1) is 0 Å². The molecule has 0 amide bonds. The standard InChI is InChI=1S/C10H14F2N2/c11-10(12)5-6-14-9-4-2-1-3-8(9)7-13/h1-4,10,14H,5-7,13H2. The predicted octanol–water partition coefficient (Wildman–Crippen LogP) is 2.21. The highest BCUT2D eigenvalue weighted by molar-refractivity contribution is 5.50. The molecule has 0 aliphatic rings. The van der Waals surface area contributed by atoms with Gasteiger partial charge in [0.1, 0.15) is 0 Å². The summed E-state index contributed by atoms with van der Waals surface area (Å²) < 4.78 is 23.7. The van der Waals surface area contributed by atoms with Crippen molar-refractivity contribution in [1.82, 2.24) is 0 Å². The summed E-state index contributed by atoms with van der Waals surface area (Å²) in [5.74, 6) is 0. The molecule has 4 heteroatoms. The lowest BCUT2D eigenvalue weighted by molar-refractivity contribution is 0.142. The molecule has 0 atom stereocenters. The smallest absolute Gasteiger partial charge is 0.240 e. The van der Waals surface area contributed by atoms with Crippen LogP contribution in [0.1, 0.15) is 12.0 Å². The summed E-state index contributed by atoms with van der Waals surface area (Å²) in [6.07, 6.45) is -2.40. The van der Waals surface area contributed by atoms with E-state index in [-0.39, 0.29) is 13.0 Å². The molecule has 0 aliphatic heterocycles. The van der Waals surface area contributed by atoms with Crippen molar-refractivity contribution in [3.63, 3.8) is 0 Å². The zero-order valence-corrected chi connectivity index (χ0v) is 7.84. The van der Waals surface area contributed by atoms with Crippen molar-refractivity contribution in [3.05, 3.63) is 29.8 Å². The Morgan fingerprint density at radius 2 is 2.00 bits per heavy atom. The predicted molar refractivity (Wildman–Crippen MR) is 53.4 cm³/mol. The van der Waals surface area contributed by atoms with Crippen LogP contribution in [-0.4, -0.2) is 13.0 Å². The largest absolute Gasteiger partial charge is 0.385 e. The van der Waals surface area contributed by atoms with E-state index in [0.717, 1.165) is 11.3 Å². The van der Waals surface area contributed by atoms with Gasteiger partial charge in [0.2, 0.25) is 6.43 Å². The SMILES string of the molecule is NCc1ccccc1NCCC(F)F. The summed E-state index contributed by atoms with van der Waals surface area (Å²) in [5, 5.41) is 2.94. The molecule has 0 unspecified atom stereocenters. The fourth-order valence-electron chi connectivity index (χ4n) is 1.19. The fourth-order valence-corrected chi connectivity index (χ4v) is 1.19. The van der Waals surface area contributed by atoms with Crippen molar-refractivity contribution < 1.29 is 8.78 Å². The van der Waals surface area contributed by atoms with Gasteiger partial charge >= 0.3 is 0 Å².